The summed E-state index contributed by atoms with van der Waals surface area (Å²) in [4.78, 5) is 9.24. The summed E-state index contributed by atoms with van der Waals surface area (Å²) in [5.41, 5.74) is 2.54. The van der Waals surface area contributed by atoms with E-state index in [2.05, 4.69) is 44.4 Å². The predicted molar refractivity (Wildman–Crippen MR) is 139 cm³/mol. The molecule has 0 radical (unpaired) electrons. The van der Waals surface area contributed by atoms with Crippen LogP contribution in [0.1, 0.15) is 37.7 Å². The van der Waals surface area contributed by atoms with Crippen molar-refractivity contribution in [2.75, 3.05) is 64.6 Å². The first-order valence-corrected chi connectivity index (χ1v) is 11.9. The van der Waals surface area contributed by atoms with E-state index in [0.717, 1.165) is 84.4 Å². The number of rotatable bonds is 6. The normalized spacial score (nSPS) is 23.0. The number of halogens is 1. The maximum Gasteiger partial charge on any atom is 0.193 e. The molecule has 32 heavy (non-hydrogen) atoms. The Morgan fingerprint density at radius 2 is 1.78 bits per heavy atom. The zero-order valence-corrected chi connectivity index (χ0v) is 21.7. The molecule has 1 unspecified atom stereocenters. The van der Waals surface area contributed by atoms with Crippen LogP contribution in [0.25, 0.3) is 0 Å². The van der Waals surface area contributed by atoms with Gasteiger partial charge in [-0.1, -0.05) is 12.1 Å². The Hall–Kier alpha value is -1.10. The quantitative estimate of drug-likeness (QED) is 0.329. The summed E-state index contributed by atoms with van der Waals surface area (Å²) in [6.45, 7) is 7.95. The van der Waals surface area contributed by atoms with Crippen LogP contribution in [0, 0.1) is 0 Å². The minimum Gasteiger partial charge on any atom is -0.378 e. The second kappa shape index (κ2) is 13.6. The van der Waals surface area contributed by atoms with Gasteiger partial charge in [-0.15, -0.1) is 24.0 Å². The summed E-state index contributed by atoms with van der Waals surface area (Å²) in [5, 5.41) is 3.53. The number of morpholine rings is 1. The molecule has 1 aromatic rings. The van der Waals surface area contributed by atoms with Crippen LogP contribution in [-0.4, -0.2) is 82.7 Å². The van der Waals surface area contributed by atoms with Gasteiger partial charge < -0.3 is 29.3 Å². The Morgan fingerprint density at radius 1 is 1.03 bits per heavy atom. The van der Waals surface area contributed by atoms with Gasteiger partial charge in [-0.05, 0) is 49.8 Å². The van der Waals surface area contributed by atoms with E-state index in [0.29, 0.717) is 12.2 Å². The molecule has 3 heterocycles. The molecule has 1 aromatic carbocycles. The second-order valence-electron chi connectivity index (χ2n) is 8.67. The number of benzene rings is 1. The number of guanidine groups is 1. The summed E-state index contributed by atoms with van der Waals surface area (Å²) in [5.74, 6) is 0.978. The summed E-state index contributed by atoms with van der Waals surface area (Å²) < 4.78 is 17.4. The van der Waals surface area contributed by atoms with E-state index in [1.807, 2.05) is 7.05 Å². The lowest BCUT2D eigenvalue weighted by atomic mass is 10.1. The lowest BCUT2D eigenvalue weighted by Crippen LogP contribution is -2.47. The lowest BCUT2D eigenvalue weighted by molar-refractivity contribution is -0.0721. The fourth-order valence-corrected chi connectivity index (χ4v) is 4.58. The van der Waals surface area contributed by atoms with Gasteiger partial charge in [0.25, 0.3) is 0 Å². The molecule has 7 nitrogen and oxygen atoms in total. The van der Waals surface area contributed by atoms with Crippen molar-refractivity contribution in [3.63, 3.8) is 0 Å². The molecule has 0 saturated carbocycles. The van der Waals surface area contributed by atoms with Gasteiger partial charge in [-0.25, -0.2) is 0 Å². The lowest BCUT2D eigenvalue weighted by Gasteiger charge is -2.35. The van der Waals surface area contributed by atoms with E-state index in [4.69, 9.17) is 14.2 Å². The van der Waals surface area contributed by atoms with Gasteiger partial charge >= 0.3 is 0 Å². The Bertz CT molecular complexity index is 683. The van der Waals surface area contributed by atoms with Crippen LogP contribution in [0.3, 0.4) is 0 Å². The molecular weight excluding hydrogens is 519 g/mol. The SMILES string of the molecule is CN=C(NCc1ccc(N2CCOCC2)cc1)N1CCC(OCC2CCCCO2)CC1.I. The fourth-order valence-electron chi connectivity index (χ4n) is 4.58. The molecule has 1 N–H and O–H groups in total. The van der Waals surface area contributed by atoms with Gasteiger partial charge in [0.05, 0.1) is 32.0 Å². The number of hydrogen-bond donors (Lipinski definition) is 1. The molecule has 0 amide bonds. The van der Waals surface area contributed by atoms with E-state index in [-0.39, 0.29) is 24.0 Å². The summed E-state index contributed by atoms with van der Waals surface area (Å²) in [6.07, 6.45) is 6.33. The third-order valence-electron chi connectivity index (χ3n) is 6.51. The first-order chi connectivity index (χ1) is 15.3. The highest BCUT2D eigenvalue weighted by atomic mass is 127. The van der Waals surface area contributed by atoms with E-state index in [1.54, 1.807) is 0 Å². The van der Waals surface area contributed by atoms with Crippen molar-refractivity contribution in [3.8, 4) is 0 Å². The maximum atomic E-state index is 6.15. The summed E-state index contributed by atoms with van der Waals surface area (Å²) in [6, 6.07) is 8.84. The molecular formula is C24H39IN4O3. The molecule has 3 aliphatic heterocycles. The van der Waals surface area contributed by atoms with Gasteiger partial charge in [-0.3, -0.25) is 4.99 Å². The standard InChI is InChI=1S/C24H38N4O3.HI/c1-25-24(26-18-20-5-7-21(8-6-20)27-13-16-29-17-14-27)28-11-9-22(10-12-28)31-19-23-4-2-3-15-30-23;/h5-8,22-23H,2-4,9-19H2,1H3,(H,25,26);1H. The van der Waals surface area contributed by atoms with Gasteiger partial charge in [0.2, 0.25) is 0 Å². The average Bonchev–Trinajstić information content (AvgIpc) is 2.85. The van der Waals surface area contributed by atoms with Crippen LogP contribution in [0.15, 0.2) is 29.3 Å². The largest absolute Gasteiger partial charge is 0.378 e. The summed E-state index contributed by atoms with van der Waals surface area (Å²) >= 11 is 0. The number of piperidine rings is 1. The topological polar surface area (TPSA) is 58.6 Å². The van der Waals surface area contributed by atoms with Gasteiger partial charge in [0, 0.05) is 52.1 Å². The minimum absolute atomic E-state index is 0. The highest BCUT2D eigenvalue weighted by Crippen LogP contribution is 2.19. The summed E-state index contributed by atoms with van der Waals surface area (Å²) in [7, 11) is 1.87. The highest BCUT2D eigenvalue weighted by Gasteiger charge is 2.23. The van der Waals surface area contributed by atoms with Gasteiger partial charge in [0.1, 0.15) is 0 Å². The smallest absolute Gasteiger partial charge is 0.193 e. The molecule has 0 spiro atoms. The van der Waals surface area contributed by atoms with Crippen molar-refractivity contribution in [1.29, 1.82) is 0 Å². The Balaban J connectivity index is 0.00000289. The highest BCUT2D eigenvalue weighted by molar-refractivity contribution is 14.0. The van der Waals surface area contributed by atoms with Crippen molar-refractivity contribution in [1.82, 2.24) is 10.2 Å². The molecule has 0 aromatic heterocycles. The van der Waals surface area contributed by atoms with E-state index < -0.39 is 0 Å². The van der Waals surface area contributed by atoms with Crippen molar-refractivity contribution in [3.05, 3.63) is 29.8 Å². The number of likely N-dealkylation sites (tertiary alicyclic amines) is 1. The maximum absolute atomic E-state index is 6.15. The fraction of sp³-hybridized carbons (Fsp3) is 0.708. The van der Waals surface area contributed by atoms with Crippen molar-refractivity contribution in [2.45, 2.75) is 50.9 Å². The number of anilines is 1. The zero-order valence-electron chi connectivity index (χ0n) is 19.3. The van der Waals surface area contributed by atoms with Gasteiger partial charge in [-0.2, -0.15) is 0 Å². The van der Waals surface area contributed by atoms with E-state index in [9.17, 15) is 0 Å². The average molecular weight is 559 g/mol. The van der Waals surface area contributed by atoms with Crippen LogP contribution in [-0.2, 0) is 20.8 Å². The van der Waals surface area contributed by atoms with E-state index >= 15 is 0 Å². The van der Waals surface area contributed by atoms with Gasteiger partial charge in [0.15, 0.2) is 5.96 Å². The molecule has 8 heteroatoms. The Kier molecular flexibility index (Phi) is 10.8. The monoisotopic (exact) mass is 558 g/mol. The predicted octanol–water partition coefficient (Wildman–Crippen LogP) is 3.27. The molecule has 0 aliphatic carbocycles. The molecule has 4 rings (SSSR count). The number of nitrogens with one attached hydrogen (secondary N) is 1. The first kappa shape index (κ1) is 25.5. The van der Waals surface area contributed by atoms with Crippen LogP contribution in [0.2, 0.25) is 0 Å². The molecule has 3 saturated heterocycles. The molecule has 1 atom stereocenters. The zero-order chi connectivity index (χ0) is 21.3. The number of ether oxygens (including phenoxy) is 3. The van der Waals surface area contributed by atoms with Crippen LogP contribution in [0.5, 0.6) is 0 Å². The third-order valence-corrected chi connectivity index (χ3v) is 6.51. The first-order valence-electron chi connectivity index (χ1n) is 11.9. The van der Waals surface area contributed by atoms with Crippen molar-refractivity contribution in [2.24, 2.45) is 4.99 Å². The van der Waals surface area contributed by atoms with Crippen molar-refractivity contribution >= 4 is 35.6 Å². The second-order valence-corrected chi connectivity index (χ2v) is 8.67. The minimum atomic E-state index is 0. The molecule has 0 bridgehead atoms. The number of nitrogens with zero attached hydrogens (tertiary/aromatic N) is 3. The van der Waals surface area contributed by atoms with Crippen molar-refractivity contribution < 1.29 is 14.2 Å². The van der Waals surface area contributed by atoms with E-state index in [1.165, 1.54) is 24.1 Å². The van der Waals surface area contributed by atoms with Crippen LogP contribution >= 0.6 is 24.0 Å². The van der Waals surface area contributed by atoms with Crippen LogP contribution in [0.4, 0.5) is 5.69 Å². The number of hydrogen-bond acceptors (Lipinski definition) is 5. The Labute approximate surface area is 209 Å². The number of aliphatic imine (C=N–C) groups is 1. The molecule has 3 aliphatic rings. The molecule has 3 fully saturated rings. The Morgan fingerprint density at radius 3 is 2.44 bits per heavy atom. The van der Waals surface area contributed by atoms with Crippen LogP contribution < -0.4 is 10.2 Å². The third kappa shape index (κ3) is 7.46. The molecule has 180 valence electrons.